The summed E-state index contributed by atoms with van der Waals surface area (Å²) in [6.45, 7) is 5.45. The molecule has 0 saturated carbocycles. The molecule has 2 N–H and O–H groups in total. The van der Waals surface area contributed by atoms with Gasteiger partial charge in [0.05, 0.1) is 13.1 Å². The summed E-state index contributed by atoms with van der Waals surface area (Å²) in [5.74, 6) is 0.223. The van der Waals surface area contributed by atoms with Gasteiger partial charge in [0.25, 0.3) is 0 Å². The second kappa shape index (κ2) is 10.1. The minimum atomic E-state index is -0.270. The van der Waals surface area contributed by atoms with Gasteiger partial charge in [0.2, 0.25) is 5.91 Å². The summed E-state index contributed by atoms with van der Waals surface area (Å²) in [6.07, 6.45) is 2.35. The number of nitrogens with zero attached hydrogens (tertiary/aromatic N) is 3. The van der Waals surface area contributed by atoms with E-state index in [0.29, 0.717) is 17.6 Å². The third kappa shape index (κ3) is 5.98. The average molecular weight is 363 g/mol. The van der Waals surface area contributed by atoms with Crippen LogP contribution >= 0.6 is 0 Å². The Labute approximate surface area is 155 Å². The molecule has 1 unspecified atom stereocenters. The smallest absolute Gasteiger partial charge is 0.241 e. The molecule has 1 amide bonds. The van der Waals surface area contributed by atoms with Crippen LogP contribution in [0.4, 0.5) is 4.39 Å². The molecule has 0 bridgehead atoms. The third-order valence-electron chi connectivity index (χ3n) is 4.68. The summed E-state index contributed by atoms with van der Waals surface area (Å²) in [4.78, 5) is 20.3. The molecule has 1 aromatic rings. The highest BCUT2D eigenvalue weighted by molar-refractivity contribution is 5.86. The number of carbonyl (C=O) groups excluding carboxylic acids is 1. The van der Waals surface area contributed by atoms with Gasteiger partial charge in [0.15, 0.2) is 5.96 Å². The summed E-state index contributed by atoms with van der Waals surface area (Å²) < 4.78 is 13.8. The molecule has 0 spiro atoms. The van der Waals surface area contributed by atoms with Crippen LogP contribution in [0.5, 0.6) is 0 Å². The zero-order valence-corrected chi connectivity index (χ0v) is 16.0. The van der Waals surface area contributed by atoms with E-state index in [0.717, 1.165) is 26.1 Å². The van der Waals surface area contributed by atoms with Gasteiger partial charge in [0.1, 0.15) is 5.82 Å². The van der Waals surface area contributed by atoms with E-state index in [-0.39, 0.29) is 24.8 Å². The van der Waals surface area contributed by atoms with Crippen molar-refractivity contribution >= 4 is 11.9 Å². The Bertz CT molecular complexity index is 620. The third-order valence-corrected chi connectivity index (χ3v) is 4.68. The van der Waals surface area contributed by atoms with Crippen LogP contribution in [-0.4, -0.2) is 68.0 Å². The van der Waals surface area contributed by atoms with Crippen molar-refractivity contribution in [3.8, 4) is 0 Å². The minimum Gasteiger partial charge on any atom is -0.355 e. The van der Waals surface area contributed by atoms with E-state index in [1.54, 1.807) is 32.3 Å². The molecule has 1 aliphatic heterocycles. The molecule has 1 atom stereocenters. The molecule has 0 aliphatic carbocycles. The maximum atomic E-state index is 13.8. The Balaban J connectivity index is 1.99. The van der Waals surface area contributed by atoms with Crippen LogP contribution in [0, 0.1) is 5.82 Å². The molecular formula is C19H30FN5O. The van der Waals surface area contributed by atoms with Gasteiger partial charge in [0, 0.05) is 32.2 Å². The van der Waals surface area contributed by atoms with Crippen LogP contribution in [0.15, 0.2) is 29.3 Å². The first-order valence-corrected chi connectivity index (χ1v) is 9.21. The molecule has 144 valence electrons. The number of hydrogen-bond donors (Lipinski definition) is 2. The SMILES string of the molecule is CCN1CCCC1CNC(=NCc1ccccc1F)NCC(=O)N(C)C. The van der Waals surface area contributed by atoms with E-state index in [1.165, 1.54) is 17.4 Å². The maximum absolute atomic E-state index is 13.8. The van der Waals surface area contributed by atoms with Crippen molar-refractivity contribution in [2.24, 2.45) is 4.99 Å². The molecule has 1 saturated heterocycles. The monoisotopic (exact) mass is 363 g/mol. The Morgan fingerprint density at radius 1 is 1.35 bits per heavy atom. The predicted octanol–water partition coefficient (Wildman–Crippen LogP) is 1.43. The first kappa shape index (κ1) is 20.2. The van der Waals surface area contributed by atoms with Gasteiger partial charge in [-0.15, -0.1) is 0 Å². The van der Waals surface area contributed by atoms with Crippen molar-refractivity contribution in [3.63, 3.8) is 0 Å². The Morgan fingerprint density at radius 3 is 2.81 bits per heavy atom. The van der Waals surface area contributed by atoms with E-state index in [9.17, 15) is 9.18 Å². The van der Waals surface area contributed by atoms with Crippen LogP contribution in [-0.2, 0) is 11.3 Å². The van der Waals surface area contributed by atoms with E-state index in [2.05, 4.69) is 27.4 Å². The van der Waals surface area contributed by atoms with Crippen molar-refractivity contribution < 1.29 is 9.18 Å². The van der Waals surface area contributed by atoms with Crippen molar-refractivity contribution in [1.29, 1.82) is 0 Å². The molecule has 1 aliphatic rings. The number of carbonyl (C=O) groups is 1. The fourth-order valence-electron chi connectivity index (χ4n) is 3.04. The zero-order chi connectivity index (χ0) is 18.9. The average Bonchev–Trinajstić information content (AvgIpc) is 3.09. The molecule has 1 fully saturated rings. The summed E-state index contributed by atoms with van der Waals surface area (Å²) in [5.41, 5.74) is 0.531. The maximum Gasteiger partial charge on any atom is 0.241 e. The lowest BCUT2D eigenvalue weighted by Crippen LogP contribution is -2.47. The largest absolute Gasteiger partial charge is 0.355 e. The van der Waals surface area contributed by atoms with E-state index >= 15 is 0 Å². The zero-order valence-electron chi connectivity index (χ0n) is 16.0. The lowest BCUT2D eigenvalue weighted by Gasteiger charge is -2.24. The summed E-state index contributed by atoms with van der Waals surface area (Å²) in [6, 6.07) is 7.07. The number of benzene rings is 1. The molecule has 0 aromatic heterocycles. The molecular weight excluding hydrogens is 333 g/mol. The number of nitrogens with one attached hydrogen (secondary N) is 2. The van der Waals surface area contributed by atoms with Gasteiger partial charge in [-0.05, 0) is 32.0 Å². The summed E-state index contributed by atoms with van der Waals surface area (Å²) in [5, 5.41) is 6.37. The molecule has 0 radical (unpaired) electrons. The molecule has 1 heterocycles. The quantitative estimate of drug-likeness (QED) is 0.568. The first-order chi connectivity index (χ1) is 12.5. The van der Waals surface area contributed by atoms with Gasteiger partial charge in [-0.1, -0.05) is 25.1 Å². The summed E-state index contributed by atoms with van der Waals surface area (Å²) in [7, 11) is 3.43. The van der Waals surface area contributed by atoms with Gasteiger partial charge in [-0.3, -0.25) is 9.69 Å². The Hall–Kier alpha value is -2.15. The van der Waals surface area contributed by atoms with Crippen LogP contribution in [0.1, 0.15) is 25.3 Å². The number of rotatable bonds is 7. The van der Waals surface area contributed by atoms with Crippen LogP contribution in [0.25, 0.3) is 0 Å². The Morgan fingerprint density at radius 2 is 2.12 bits per heavy atom. The van der Waals surface area contributed by atoms with Gasteiger partial charge >= 0.3 is 0 Å². The lowest BCUT2D eigenvalue weighted by atomic mass is 10.2. The number of aliphatic imine (C=N–C) groups is 1. The van der Waals surface area contributed by atoms with Crippen molar-refractivity contribution in [2.75, 3.05) is 40.3 Å². The Kier molecular flexibility index (Phi) is 7.84. The number of hydrogen-bond acceptors (Lipinski definition) is 3. The highest BCUT2D eigenvalue weighted by atomic mass is 19.1. The van der Waals surface area contributed by atoms with Gasteiger partial charge in [-0.2, -0.15) is 0 Å². The van der Waals surface area contributed by atoms with Crippen LogP contribution in [0.2, 0.25) is 0 Å². The number of halogens is 1. The normalized spacial score (nSPS) is 18.0. The summed E-state index contributed by atoms with van der Waals surface area (Å²) >= 11 is 0. The van der Waals surface area contributed by atoms with Crippen molar-refractivity contribution in [1.82, 2.24) is 20.4 Å². The molecule has 2 rings (SSSR count). The van der Waals surface area contributed by atoms with Crippen LogP contribution < -0.4 is 10.6 Å². The van der Waals surface area contributed by atoms with Gasteiger partial charge in [-0.25, -0.2) is 9.38 Å². The minimum absolute atomic E-state index is 0.0403. The van der Waals surface area contributed by atoms with Gasteiger partial charge < -0.3 is 15.5 Å². The fourth-order valence-corrected chi connectivity index (χ4v) is 3.04. The van der Waals surface area contributed by atoms with Crippen molar-refractivity contribution in [3.05, 3.63) is 35.6 Å². The van der Waals surface area contributed by atoms with Crippen LogP contribution in [0.3, 0.4) is 0 Å². The second-order valence-corrected chi connectivity index (χ2v) is 6.70. The van der Waals surface area contributed by atoms with E-state index < -0.39 is 0 Å². The van der Waals surface area contributed by atoms with Crippen molar-refractivity contribution in [2.45, 2.75) is 32.4 Å². The lowest BCUT2D eigenvalue weighted by molar-refractivity contribution is -0.127. The second-order valence-electron chi connectivity index (χ2n) is 6.70. The van der Waals surface area contributed by atoms with E-state index in [4.69, 9.17) is 0 Å². The first-order valence-electron chi connectivity index (χ1n) is 9.21. The molecule has 1 aromatic carbocycles. The molecule has 6 nitrogen and oxygen atoms in total. The molecule has 26 heavy (non-hydrogen) atoms. The highest BCUT2D eigenvalue weighted by Gasteiger charge is 2.22. The standard InChI is InChI=1S/C19H30FN5O/c1-4-25-11-7-9-16(25)13-22-19(23-14-18(26)24(2)3)21-12-15-8-5-6-10-17(15)20/h5-6,8,10,16H,4,7,9,11-14H2,1-3H3,(H2,21,22,23). The number of likely N-dealkylation sites (N-methyl/N-ethyl adjacent to an activating group) is 2. The molecule has 7 heteroatoms. The number of likely N-dealkylation sites (tertiary alicyclic amines) is 1. The highest BCUT2D eigenvalue weighted by Crippen LogP contribution is 2.15. The fraction of sp³-hybridized carbons (Fsp3) is 0.579. The van der Waals surface area contributed by atoms with E-state index in [1.807, 2.05) is 0 Å². The topological polar surface area (TPSA) is 60.0 Å². The predicted molar refractivity (Wildman–Crippen MR) is 103 cm³/mol. The number of guanidine groups is 1. The number of amides is 1.